The van der Waals surface area contributed by atoms with Crippen LogP contribution in [0.15, 0.2) is 12.5 Å². The van der Waals surface area contributed by atoms with Crippen molar-refractivity contribution in [3.63, 3.8) is 0 Å². The Bertz CT molecular complexity index is 876. The number of nitrogens with zero attached hydrogens (tertiary/aromatic N) is 1. The molecule has 0 bridgehead atoms. The molecule has 14 nitrogen and oxygen atoms in total. The van der Waals surface area contributed by atoms with Crippen molar-refractivity contribution < 1.29 is 29.1 Å². The van der Waals surface area contributed by atoms with Crippen molar-refractivity contribution in [1.29, 1.82) is 0 Å². The van der Waals surface area contributed by atoms with Crippen LogP contribution in [0.1, 0.15) is 51.6 Å². The van der Waals surface area contributed by atoms with Gasteiger partial charge < -0.3 is 43.2 Å². The Kier molecular flexibility index (Phi) is 13.1. The number of nitrogens with two attached hydrogens (primary N) is 3. The highest BCUT2D eigenvalue weighted by molar-refractivity contribution is 5.96. The Balaban J connectivity index is 2.98. The van der Waals surface area contributed by atoms with Gasteiger partial charge in [0, 0.05) is 18.3 Å². The third-order valence-corrected chi connectivity index (χ3v) is 5.27. The van der Waals surface area contributed by atoms with Crippen LogP contribution in [-0.4, -0.2) is 75.4 Å². The molecule has 4 atom stereocenters. The Morgan fingerprint density at radius 3 is 2.14 bits per heavy atom. The molecular formula is C22H38N8O6. The molecule has 1 heterocycles. The standard InChI is InChI=1S/C22H38N8O6/c1-12(2)7-14(24)19(32)29-16(9-18(25)31)21(34)28-15(5-3-4-6-23)20(33)30-17(22(35)36)8-13-10-26-11-27-13/h10-12,14-17H,3-9,23-24H2,1-2H3,(H2,25,31)(H,26,27)(H,28,34)(H,29,32)(H,30,33)(H,35,36). The summed E-state index contributed by atoms with van der Waals surface area (Å²) in [6.07, 6.45) is 3.76. The number of carboxylic acids is 1. The first kappa shape index (κ1) is 30.5. The van der Waals surface area contributed by atoms with Gasteiger partial charge in [-0.15, -0.1) is 0 Å². The number of aromatic amines is 1. The summed E-state index contributed by atoms with van der Waals surface area (Å²) >= 11 is 0. The van der Waals surface area contributed by atoms with Gasteiger partial charge in [-0.05, 0) is 38.1 Å². The molecule has 0 spiro atoms. The number of hydrogen-bond acceptors (Lipinski definition) is 8. The van der Waals surface area contributed by atoms with Gasteiger partial charge in [0.1, 0.15) is 18.1 Å². The molecule has 0 aliphatic rings. The van der Waals surface area contributed by atoms with Crippen LogP contribution >= 0.6 is 0 Å². The van der Waals surface area contributed by atoms with Crippen LogP contribution < -0.4 is 33.2 Å². The number of rotatable bonds is 17. The quantitative estimate of drug-likeness (QED) is 0.106. The van der Waals surface area contributed by atoms with E-state index < -0.39 is 60.2 Å². The maximum Gasteiger partial charge on any atom is 0.326 e. The third-order valence-electron chi connectivity index (χ3n) is 5.27. The zero-order valence-corrected chi connectivity index (χ0v) is 20.7. The summed E-state index contributed by atoms with van der Waals surface area (Å²) in [6.45, 7) is 4.11. The van der Waals surface area contributed by atoms with Crippen LogP contribution in [0.25, 0.3) is 0 Å². The van der Waals surface area contributed by atoms with Crippen molar-refractivity contribution in [2.45, 2.75) is 76.5 Å². The van der Waals surface area contributed by atoms with E-state index in [9.17, 15) is 29.1 Å². The molecule has 202 valence electrons. The molecule has 0 fully saturated rings. The maximum atomic E-state index is 13.0. The summed E-state index contributed by atoms with van der Waals surface area (Å²) < 4.78 is 0. The van der Waals surface area contributed by atoms with Gasteiger partial charge >= 0.3 is 5.97 Å². The van der Waals surface area contributed by atoms with Gasteiger partial charge in [0.2, 0.25) is 23.6 Å². The van der Waals surface area contributed by atoms with Crippen LogP contribution in [0.4, 0.5) is 0 Å². The average Bonchev–Trinajstić information content (AvgIpc) is 3.29. The Labute approximate surface area is 209 Å². The first-order chi connectivity index (χ1) is 16.9. The van der Waals surface area contributed by atoms with Crippen molar-refractivity contribution in [3.8, 4) is 0 Å². The molecule has 0 radical (unpaired) electrons. The molecule has 36 heavy (non-hydrogen) atoms. The number of aromatic nitrogens is 2. The SMILES string of the molecule is CC(C)CC(N)C(=O)NC(CC(N)=O)C(=O)NC(CCCCN)C(=O)NC(Cc1cnc[nH]1)C(=O)O. The van der Waals surface area contributed by atoms with E-state index in [2.05, 4.69) is 25.9 Å². The van der Waals surface area contributed by atoms with Crippen LogP contribution in [-0.2, 0) is 30.4 Å². The predicted octanol–water partition coefficient (Wildman–Crippen LogP) is -2.13. The lowest BCUT2D eigenvalue weighted by Crippen LogP contribution is -2.58. The number of carbonyl (C=O) groups excluding carboxylic acids is 4. The molecule has 4 unspecified atom stereocenters. The highest BCUT2D eigenvalue weighted by Crippen LogP contribution is 2.07. The van der Waals surface area contributed by atoms with Crippen molar-refractivity contribution in [3.05, 3.63) is 18.2 Å². The minimum absolute atomic E-state index is 0.0569. The summed E-state index contributed by atoms with van der Waals surface area (Å²) in [5.41, 5.74) is 17.1. The molecule has 0 aliphatic carbocycles. The zero-order valence-electron chi connectivity index (χ0n) is 20.7. The molecular weight excluding hydrogens is 472 g/mol. The number of hydrogen-bond donors (Lipinski definition) is 8. The number of carboxylic acid groups (broad SMARTS) is 1. The van der Waals surface area contributed by atoms with Gasteiger partial charge in [-0.25, -0.2) is 9.78 Å². The van der Waals surface area contributed by atoms with Gasteiger partial charge in [0.05, 0.1) is 18.8 Å². The van der Waals surface area contributed by atoms with Crippen LogP contribution in [0.2, 0.25) is 0 Å². The Morgan fingerprint density at radius 2 is 1.61 bits per heavy atom. The number of primary amides is 1. The first-order valence-corrected chi connectivity index (χ1v) is 11.8. The summed E-state index contributed by atoms with van der Waals surface area (Å²) in [4.78, 5) is 68.2. The van der Waals surface area contributed by atoms with E-state index in [0.717, 1.165) is 0 Å². The fraction of sp³-hybridized carbons (Fsp3) is 0.636. The summed E-state index contributed by atoms with van der Waals surface area (Å²) in [5, 5.41) is 16.9. The van der Waals surface area contributed by atoms with Gasteiger partial charge in [0.25, 0.3) is 0 Å². The molecule has 11 N–H and O–H groups in total. The van der Waals surface area contributed by atoms with Crippen molar-refractivity contribution in [1.82, 2.24) is 25.9 Å². The van der Waals surface area contributed by atoms with E-state index in [0.29, 0.717) is 31.5 Å². The predicted molar refractivity (Wildman–Crippen MR) is 130 cm³/mol. The molecule has 1 aromatic heterocycles. The fourth-order valence-electron chi connectivity index (χ4n) is 3.43. The second-order valence-corrected chi connectivity index (χ2v) is 8.99. The lowest BCUT2D eigenvalue weighted by molar-refractivity contribution is -0.142. The van der Waals surface area contributed by atoms with E-state index in [4.69, 9.17) is 17.2 Å². The van der Waals surface area contributed by atoms with Crippen LogP contribution in [0.5, 0.6) is 0 Å². The summed E-state index contributed by atoms with van der Waals surface area (Å²) in [7, 11) is 0. The first-order valence-electron chi connectivity index (χ1n) is 11.8. The van der Waals surface area contributed by atoms with Crippen molar-refractivity contribution in [2.75, 3.05) is 6.54 Å². The number of unbranched alkanes of at least 4 members (excludes halogenated alkanes) is 1. The second kappa shape index (κ2) is 15.5. The molecule has 0 aromatic carbocycles. The molecule has 0 saturated carbocycles. The van der Waals surface area contributed by atoms with Crippen molar-refractivity contribution >= 4 is 29.6 Å². The summed E-state index contributed by atoms with van der Waals surface area (Å²) in [5.74, 6) is -4.21. The van der Waals surface area contributed by atoms with Crippen molar-refractivity contribution in [2.24, 2.45) is 23.1 Å². The topological polar surface area (TPSA) is 248 Å². The fourth-order valence-corrected chi connectivity index (χ4v) is 3.43. The normalized spacial score (nSPS) is 14.4. The lowest BCUT2D eigenvalue weighted by atomic mass is 10.0. The molecule has 14 heteroatoms. The van der Waals surface area contributed by atoms with E-state index >= 15 is 0 Å². The van der Waals surface area contributed by atoms with Gasteiger partial charge in [-0.3, -0.25) is 19.2 Å². The average molecular weight is 511 g/mol. The Morgan fingerprint density at radius 1 is 1.00 bits per heavy atom. The molecule has 4 amide bonds. The van der Waals surface area contributed by atoms with Gasteiger partial charge in [0.15, 0.2) is 0 Å². The number of H-pyrrole nitrogens is 1. The van der Waals surface area contributed by atoms with E-state index in [1.165, 1.54) is 12.5 Å². The smallest absolute Gasteiger partial charge is 0.326 e. The van der Waals surface area contributed by atoms with Crippen LogP contribution in [0.3, 0.4) is 0 Å². The monoisotopic (exact) mass is 510 g/mol. The van der Waals surface area contributed by atoms with E-state index in [-0.39, 0.29) is 18.8 Å². The maximum absolute atomic E-state index is 13.0. The van der Waals surface area contributed by atoms with Gasteiger partial charge in [-0.1, -0.05) is 13.8 Å². The van der Waals surface area contributed by atoms with Gasteiger partial charge in [-0.2, -0.15) is 0 Å². The molecule has 1 aromatic rings. The number of nitrogens with one attached hydrogen (secondary N) is 4. The number of amides is 4. The lowest BCUT2D eigenvalue weighted by Gasteiger charge is -2.25. The molecule has 1 rings (SSSR count). The number of carbonyl (C=O) groups is 5. The zero-order chi connectivity index (χ0) is 27.3. The minimum atomic E-state index is -1.36. The largest absolute Gasteiger partial charge is 0.480 e. The van der Waals surface area contributed by atoms with Crippen LogP contribution in [0, 0.1) is 5.92 Å². The summed E-state index contributed by atoms with van der Waals surface area (Å²) in [6, 6.07) is -4.71. The minimum Gasteiger partial charge on any atom is -0.480 e. The highest BCUT2D eigenvalue weighted by atomic mass is 16.4. The number of imidazole rings is 1. The van der Waals surface area contributed by atoms with E-state index in [1.807, 2.05) is 13.8 Å². The Hall–Kier alpha value is -3.52. The molecule has 0 aliphatic heterocycles. The second-order valence-electron chi connectivity index (χ2n) is 8.99. The number of aliphatic carboxylic acids is 1. The third kappa shape index (κ3) is 11.3. The van der Waals surface area contributed by atoms with E-state index in [1.54, 1.807) is 0 Å². The highest BCUT2D eigenvalue weighted by Gasteiger charge is 2.31. The molecule has 0 saturated heterocycles.